The van der Waals surface area contributed by atoms with Crippen molar-refractivity contribution in [1.29, 1.82) is 0 Å². The minimum absolute atomic E-state index is 0.00143. The maximum Gasteiger partial charge on any atom is 0.252 e. The van der Waals surface area contributed by atoms with E-state index in [1.807, 2.05) is 0 Å². The predicted octanol–water partition coefficient (Wildman–Crippen LogP) is 3.46. The Kier molecular flexibility index (Phi) is 5.39. The fraction of sp³-hybridized carbons (Fsp3) is 0.263. The molecule has 2 aromatic carbocycles. The molecule has 10 heteroatoms. The number of carbonyl (C=O) groups is 1. The molecule has 0 N–H and O–H groups in total. The average Bonchev–Trinajstić information content (AvgIpc) is 3.08. The van der Waals surface area contributed by atoms with E-state index in [1.54, 1.807) is 24.3 Å². The van der Waals surface area contributed by atoms with Gasteiger partial charge < -0.3 is 4.90 Å². The van der Waals surface area contributed by atoms with Crippen LogP contribution in [0.25, 0.3) is 0 Å². The number of nitrogens with zero attached hydrogens (tertiary/aromatic N) is 2. The van der Waals surface area contributed by atoms with Gasteiger partial charge in [0.2, 0.25) is 0 Å². The van der Waals surface area contributed by atoms with Crippen molar-refractivity contribution in [3.63, 3.8) is 0 Å². The lowest BCUT2D eigenvalue weighted by atomic mass is 10.1. The molecule has 152 valence electrons. The maximum absolute atomic E-state index is 14.5. The molecule has 2 heterocycles. The third-order valence-electron chi connectivity index (χ3n) is 4.72. The van der Waals surface area contributed by atoms with Crippen LogP contribution in [-0.2, 0) is 21.1 Å². The number of carbonyl (C=O) groups excluding carboxylic acids is 1. The van der Waals surface area contributed by atoms with Gasteiger partial charge in [-0.1, -0.05) is 35.5 Å². The number of amides is 1. The molecular formula is C19H15ClF2N2O3S2. The van der Waals surface area contributed by atoms with E-state index in [2.05, 4.69) is 4.99 Å². The molecule has 1 amide bonds. The van der Waals surface area contributed by atoms with Crippen LogP contribution < -0.4 is 4.90 Å². The van der Waals surface area contributed by atoms with E-state index in [-0.39, 0.29) is 34.0 Å². The van der Waals surface area contributed by atoms with Gasteiger partial charge >= 0.3 is 0 Å². The van der Waals surface area contributed by atoms with Crippen LogP contribution in [0.1, 0.15) is 5.56 Å². The number of sulfone groups is 1. The van der Waals surface area contributed by atoms with Gasteiger partial charge in [0.25, 0.3) is 5.91 Å². The molecule has 2 saturated heterocycles. The first-order valence-electron chi connectivity index (χ1n) is 8.69. The number of hydrogen-bond donors (Lipinski definition) is 0. The number of rotatable bonds is 3. The van der Waals surface area contributed by atoms with Gasteiger partial charge in [0, 0.05) is 16.3 Å². The summed E-state index contributed by atoms with van der Waals surface area (Å²) in [7, 11) is -3.28. The summed E-state index contributed by atoms with van der Waals surface area (Å²) in [5, 5.41) is 0.400. The van der Waals surface area contributed by atoms with Crippen LogP contribution in [0.15, 0.2) is 47.5 Å². The van der Waals surface area contributed by atoms with Gasteiger partial charge in [-0.25, -0.2) is 17.2 Å². The highest BCUT2D eigenvalue weighted by Crippen LogP contribution is 2.41. The second-order valence-electron chi connectivity index (χ2n) is 6.86. The van der Waals surface area contributed by atoms with Crippen molar-refractivity contribution in [2.24, 2.45) is 4.99 Å². The highest BCUT2D eigenvalue weighted by atomic mass is 35.5. The predicted molar refractivity (Wildman–Crippen MR) is 110 cm³/mol. The summed E-state index contributed by atoms with van der Waals surface area (Å²) in [4.78, 5) is 18.0. The van der Waals surface area contributed by atoms with Crippen molar-refractivity contribution in [2.45, 2.75) is 17.7 Å². The Morgan fingerprint density at radius 3 is 2.59 bits per heavy atom. The molecule has 0 radical (unpaired) electrons. The lowest BCUT2D eigenvalue weighted by Gasteiger charge is -2.24. The molecule has 0 aliphatic carbocycles. The summed E-state index contributed by atoms with van der Waals surface area (Å²) < 4.78 is 51.9. The molecule has 2 aliphatic heterocycles. The molecule has 2 aliphatic rings. The number of halogens is 3. The molecule has 29 heavy (non-hydrogen) atoms. The van der Waals surface area contributed by atoms with Crippen LogP contribution in [0, 0.1) is 11.6 Å². The van der Waals surface area contributed by atoms with Crippen molar-refractivity contribution >= 4 is 50.0 Å². The number of benzene rings is 2. The van der Waals surface area contributed by atoms with E-state index in [1.165, 1.54) is 11.0 Å². The monoisotopic (exact) mass is 456 g/mol. The fourth-order valence-electron chi connectivity index (χ4n) is 3.45. The largest absolute Gasteiger partial charge is 0.313 e. The second kappa shape index (κ2) is 7.70. The minimum Gasteiger partial charge on any atom is -0.313 e. The molecule has 0 aromatic heterocycles. The van der Waals surface area contributed by atoms with Crippen LogP contribution in [0.2, 0.25) is 5.02 Å². The summed E-state index contributed by atoms with van der Waals surface area (Å²) in [6.07, 6.45) is 0.0224. The molecule has 0 spiro atoms. The Balaban J connectivity index is 1.66. The summed E-state index contributed by atoms with van der Waals surface area (Å²) in [5.74, 6) is -2.29. The van der Waals surface area contributed by atoms with Gasteiger partial charge in [0.15, 0.2) is 15.0 Å². The van der Waals surface area contributed by atoms with Crippen molar-refractivity contribution in [1.82, 2.24) is 0 Å². The smallest absolute Gasteiger partial charge is 0.252 e. The van der Waals surface area contributed by atoms with E-state index in [0.29, 0.717) is 10.6 Å². The van der Waals surface area contributed by atoms with Crippen LogP contribution in [0.3, 0.4) is 0 Å². The van der Waals surface area contributed by atoms with Crippen LogP contribution in [0.4, 0.5) is 14.5 Å². The fourth-order valence-corrected chi connectivity index (χ4v) is 7.50. The normalized spacial score (nSPS) is 24.1. The molecule has 2 atom stereocenters. The zero-order valence-corrected chi connectivity index (χ0v) is 17.3. The number of aliphatic imine (C=N–C) groups is 1. The molecular weight excluding hydrogens is 442 g/mol. The highest BCUT2D eigenvalue weighted by molar-refractivity contribution is 8.16. The number of thioether (sulfide) groups is 1. The van der Waals surface area contributed by atoms with Crippen LogP contribution in [-0.4, -0.2) is 42.3 Å². The Morgan fingerprint density at radius 2 is 1.90 bits per heavy atom. The number of amidine groups is 1. The Hall–Kier alpha value is -1.97. The van der Waals surface area contributed by atoms with Crippen molar-refractivity contribution < 1.29 is 22.0 Å². The number of anilines is 1. The van der Waals surface area contributed by atoms with E-state index in [0.717, 1.165) is 23.9 Å². The summed E-state index contributed by atoms with van der Waals surface area (Å²) >= 11 is 6.98. The molecule has 2 fully saturated rings. The summed E-state index contributed by atoms with van der Waals surface area (Å²) in [5.41, 5.74) is 0.718. The van der Waals surface area contributed by atoms with E-state index in [9.17, 15) is 22.0 Å². The zero-order chi connectivity index (χ0) is 20.8. The van der Waals surface area contributed by atoms with Gasteiger partial charge in [0.1, 0.15) is 11.6 Å². The van der Waals surface area contributed by atoms with Gasteiger partial charge in [-0.2, -0.15) is 4.99 Å². The SMILES string of the molecule is O=C(Cc1ccc(Cl)cc1)N=C1S[C@H]2CS(=O)(=O)C[C@@H]2N1c1ccc(F)cc1F. The minimum atomic E-state index is -3.28. The first-order valence-corrected chi connectivity index (χ1v) is 11.8. The maximum atomic E-state index is 14.5. The molecule has 0 saturated carbocycles. The van der Waals surface area contributed by atoms with Crippen LogP contribution in [0.5, 0.6) is 0 Å². The molecule has 5 nitrogen and oxygen atoms in total. The van der Waals surface area contributed by atoms with Gasteiger partial charge in [-0.3, -0.25) is 4.79 Å². The summed E-state index contributed by atoms with van der Waals surface area (Å²) in [6, 6.07) is 9.23. The topological polar surface area (TPSA) is 66.8 Å². The first kappa shape index (κ1) is 20.3. The van der Waals surface area contributed by atoms with Gasteiger partial charge in [-0.15, -0.1) is 0 Å². The van der Waals surface area contributed by atoms with E-state index in [4.69, 9.17) is 11.6 Å². The van der Waals surface area contributed by atoms with E-state index >= 15 is 0 Å². The Morgan fingerprint density at radius 1 is 1.17 bits per heavy atom. The molecule has 2 aromatic rings. The molecule has 4 rings (SSSR count). The Labute approximate surface area is 175 Å². The third kappa shape index (κ3) is 4.31. The zero-order valence-electron chi connectivity index (χ0n) is 14.9. The third-order valence-corrected chi connectivity index (χ3v) is 8.19. The second-order valence-corrected chi connectivity index (χ2v) is 10.7. The highest BCUT2D eigenvalue weighted by Gasteiger charge is 2.50. The van der Waals surface area contributed by atoms with Crippen molar-refractivity contribution in [2.75, 3.05) is 16.4 Å². The lowest BCUT2D eigenvalue weighted by molar-refractivity contribution is -0.117. The lowest BCUT2D eigenvalue weighted by Crippen LogP contribution is -2.38. The molecule has 0 bridgehead atoms. The van der Waals surface area contributed by atoms with E-state index < -0.39 is 33.4 Å². The quantitative estimate of drug-likeness (QED) is 0.707. The standard InChI is InChI=1S/C19H15ClF2N2O3S2/c20-12-3-1-11(2-4-12)7-18(25)23-19-24(15-6-5-13(21)8-14(15)22)16-9-29(26,27)10-17(16)28-19/h1-6,8,16-17H,7,9-10H2/t16-,17-/m0/s1. The van der Waals surface area contributed by atoms with Crippen molar-refractivity contribution in [3.8, 4) is 0 Å². The average molecular weight is 457 g/mol. The summed E-state index contributed by atoms with van der Waals surface area (Å²) in [6.45, 7) is 0. The van der Waals surface area contributed by atoms with Gasteiger partial charge in [-0.05, 0) is 29.8 Å². The first-order chi connectivity index (χ1) is 13.7. The number of hydrogen-bond acceptors (Lipinski definition) is 4. The number of fused-ring (bicyclic) bond motifs is 1. The van der Waals surface area contributed by atoms with Gasteiger partial charge in [0.05, 0.1) is 29.7 Å². The van der Waals surface area contributed by atoms with Crippen LogP contribution >= 0.6 is 23.4 Å². The van der Waals surface area contributed by atoms with Crippen molar-refractivity contribution in [3.05, 3.63) is 64.7 Å². The Bertz CT molecular complexity index is 1110. The molecule has 0 unspecified atom stereocenters.